The van der Waals surface area contributed by atoms with Crippen molar-refractivity contribution in [3.8, 4) is 0 Å². The van der Waals surface area contributed by atoms with Crippen LogP contribution in [0.5, 0.6) is 0 Å². The lowest BCUT2D eigenvalue weighted by Crippen LogP contribution is -2.54. The molecule has 1 saturated carbocycles. The van der Waals surface area contributed by atoms with Crippen molar-refractivity contribution in [1.29, 1.82) is 0 Å². The number of urea groups is 1. The summed E-state index contributed by atoms with van der Waals surface area (Å²) in [6.07, 6.45) is 6.51. The molecule has 4 unspecified atom stereocenters. The molecule has 0 aromatic heterocycles. The van der Waals surface area contributed by atoms with E-state index in [0.29, 0.717) is 30.8 Å². The third-order valence-electron chi connectivity index (χ3n) is 6.76. The van der Waals surface area contributed by atoms with Gasteiger partial charge < -0.3 is 16.0 Å². The van der Waals surface area contributed by atoms with Gasteiger partial charge in [-0.25, -0.2) is 4.79 Å². The lowest BCUT2D eigenvalue weighted by Gasteiger charge is -2.43. The molecule has 0 radical (unpaired) electrons. The van der Waals surface area contributed by atoms with Gasteiger partial charge in [0.05, 0.1) is 0 Å². The first-order chi connectivity index (χ1) is 12.7. The smallest absolute Gasteiger partial charge is 0.325 e. The van der Waals surface area contributed by atoms with Crippen LogP contribution in [-0.4, -0.2) is 53.0 Å². The number of imide groups is 1. The molecular formula is C20H32N4O3. The normalized spacial score (nSPS) is 40.3. The molecule has 1 spiro atoms. The van der Waals surface area contributed by atoms with Gasteiger partial charge in [-0.1, -0.05) is 20.8 Å². The lowest BCUT2D eigenvalue weighted by atomic mass is 9.64. The fourth-order valence-corrected chi connectivity index (χ4v) is 6.24. The molecule has 150 valence electrons. The minimum atomic E-state index is -0.841. The molecule has 3 saturated heterocycles. The molecule has 0 aromatic rings. The summed E-state index contributed by atoms with van der Waals surface area (Å²) in [6.45, 7) is 6.23. The number of piperidine rings is 1. The predicted molar refractivity (Wildman–Crippen MR) is 101 cm³/mol. The molecule has 1 aliphatic carbocycles. The Labute approximate surface area is 161 Å². The molecule has 2 bridgehead atoms. The van der Waals surface area contributed by atoms with Crippen LogP contribution in [0.2, 0.25) is 0 Å². The summed E-state index contributed by atoms with van der Waals surface area (Å²) in [5, 5.41) is 9.54. The maximum absolute atomic E-state index is 13.1. The number of amides is 4. The summed E-state index contributed by atoms with van der Waals surface area (Å²) in [4.78, 5) is 39.3. The van der Waals surface area contributed by atoms with Crippen molar-refractivity contribution in [2.75, 3.05) is 6.54 Å². The Balaban J connectivity index is 1.40. The van der Waals surface area contributed by atoms with E-state index >= 15 is 0 Å². The monoisotopic (exact) mass is 376 g/mol. The molecule has 4 fully saturated rings. The third-order valence-corrected chi connectivity index (χ3v) is 6.76. The minimum absolute atomic E-state index is 0.00670. The average Bonchev–Trinajstić information content (AvgIpc) is 2.97. The van der Waals surface area contributed by atoms with Gasteiger partial charge in [-0.05, 0) is 56.3 Å². The summed E-state index contributed by atoms with van der Waals surface area (Å²) >= 11 is 0. The Bertz CT molecular complexity index is 652. The molecule has 4 rings (SSSR count). The van der Waals surface area contributed by atoms with Crippen molar-refractivity contribution in [3.05, 3.63) is 0 Å². The van der Waals surface area contributed by atoms with Gasteiger partial charge in [0.25, 0.3) is 5.91 Å². The van der Waals surface area contributed by atoms with Crippen molar-refractivity contribution < 1.29 is 14.4 Å². The first-order valence-electron chi connectivity index (χ1n) is 10.4. The molecule has 4 amide bonds. The Morgan fingerprint density at radius 2 is 1.85 bits per heavy atom. The van der Waals surface area contributed by atoms with Gasteiger partial charge in [-0.2, -0.15) is 0 Å². The first kappa shape index (κ1) is 18.7. The second-order valence-corrected chi connectivity index (χ2v) is 10.1. The fourth-order valence-electron chi connectivity index (χ4n) is 6.24. The van der Waals surface area contributed by atoms with E-state index in [2.05, 4.69) is 36.7 Å². The maximum atomic E-state index is 13.1. The van der Waals surface area contributed by atoms with Gasteiger partial charge in [-0.3, -0.25) is 14.5 Å². The van der Waals surface area contributed by atoms with Crippen LogP contribution in [0.25, 0.3) is 0 Å². The zero-order valence-electron chi connectivity index (χ0n) is 16.6. The zero-order chi connectivity index (χ0) is 19.4. The number of hydrogen-bond donors (Lipinski definition) is 3. The number of nitrogens with zero attached hydrogens (tertiary/aromatic N) is 1. The van der Waals surface area contributed by atoms with E-state index in [1.165, 1.54) is 12.8 Å². The van der Waals surface area contributed by atoms with Crippen LogP contribution in [-0.2, 0) is 9.59 Å². The topological polar surface area (TPSA) is 90.5 Å². The summed E-state index contributed by atoms with van der Waals surface area (Å²) in [5.41, 5.74) is -0.848. The van der Waals surface area contributed by atoms with Crippen LogP contribution in [0, 0.1) is 11.3 Å². The minimum Gasteiger partial charge on any atom is -0.352 e. The van der Waals surface area contributed by atoms with Crippen LogP contribution in [0.4, 0.5) is 4.79 Å². The molecule has 3 aliphatic heterocycles. The number of carbonyl (C=O) groups is 3. The predicted octanol–water partition coefficient (Wildman–Crippen LogP) is 1.52. The highest BCUT2D eigenvalue weighted by molar-refractivity contribution is 6.09. The quantitative estimate of drug-likeness (QED) is 0.652. The van der Waals surface area contributed by atoms with E-state index in [1.807, 2.05) is 0 Å². The van der Waals surface area contributed by atoms with Crippen molar-refractivity contribution in [1.82, 2.24) is 20.9 Å². The van der Waals surface area contributed by atoms with Crippen molar-refractivity contribution in [2.24, 2.45) is 11.3 Å². The van der Waals surface area contributed by atoms with E-state index in [4.69, 9.17) is 0 Å². The van der Waals surface area contributed by atoms with Crippen LogP contribution < -0.4 is 16.0 Å². The molecule has 4 atom stereocenters. The van der Waals surface area contributed by atoms with Gasteiger partial charge in [0, 0.05) is 18.1 Å². The number of fused-ring (bicyclic) bond motifs is 2. The fraction of sp³-hybridized carbons (Fsp3) is 0.850. The zero-order valence-corrected chi connectivity index (χ0v) is 16.6. The van der Waals surface area contributed by atoms with E-state index in [-0.39, 0.29) is 29.8 Å². The largest absolute Gasteiger partial charge is 0.352 e. The van der Waals surface area contributed by atoms with Gasteiger partial charge in [0.2, 0.25) is 5.91 Å². The van der Waals surface area contributed by atoms with E-state index in [1.54, 1.807) is 0 Å². The van der Waals surface area contributed by atoms with E-state index < -0.39 is 11.6 Å². The second-order valence-electron chi connectivity index (χ2n) is 10.1. The standard InChI is InChI=1S/C20H32N4O3/c1-12-8-19(2,3)11-20(9-12)17(26)24(18(27)23-20)10-16(25)22-15-6-13-4-5-14(7-15)21-13/h12-15,21H,4-11H2,1-3H3,(H,22,25)(H,23,27). The van der Waals surface area contributed by atoms with Crippen LogP contribution in [0.3, 0.4) is 0 Å². The summed E-state index contributed by atoms with van der Waals surface area (Å²) in [5.74, 6) is -0.102. The highest BCUT2D eigenvalue weighted by Gasteiger charge is 2.56. The molecule has 4 aliphatic rings. The highest BCUT2D eigenvalue weighted by Crippen LogP contribution is 2.46. The molecule has 3 heterocycles. The van der Waals surface area contributed by atoms with Gasteiger partial charge >= 0.3 is 6.03 Å². The number of rotatable bonds is 3. The highest BCUT2D eigenvalue weighted by atomic mass is 16.2. The van der Waals surface area contributed by atoms with E-state index in [9.17, 15) is 14.4 Å². The Morgan fingerprint density at radius 3 is 2.48 bits per heavy atom. The number of hydrogen-bond acceptors (Lipinski definition) is 4. The molecule has 27 heavy (non-hydrogen) atoms. The first-order valence-corrected chi connectivity index (χ1v) is 10.4. The van der Waals surface area contributed by atoms with Crippen LogP contribution in [0.15, 0.2) is 0 Å². The average molecular weight is 377 g/mol. The Hall–Kier alpha value is -1.63. The molecular weight excluding hydrogens is 344 g/mol. The van der Waals surface area contributed by atoms with Crippen LogP contribution >= 0.6 is 0 Å². The van der Waals surface area contributed by atoms with Crippen molar-refractivity contribution >= 4 is 17.8 Å². The molecule has 3 N–H and O–H groups in total. The summed E-state index contributed by atoms with van der Waals surface area (Å²) in [7, 11) is 0. The second kappa shape index (κ2) is 6.47. The third kappa shape index (κ3) is 3.58. The van der Waals surface area contributed by atoms with E-state index in [0.717, 1.165) is 24.2 Å². The SMILES string of the molecule is CC1CC(C)(C)CC2(C1)NC(=O)N(CC(=O)NC1CC3CCC(C1)N3)C2=O. The summed E-state index contributed by atoms with van der Waals surface area (Å²) in [6, 6.07) is 0.685. The number of nitrogens with one attached hydrogen (secondary N) is 3. The Morgan fingerprint density at radius 1 is 1.19 bits per heavy atom. The Kier molecular flexibility index (Phi) is 4.48. The van der Waals surface area contributed by atoms with Gasteiger partial charge in [0.1, 0.15) is 12.1 Å². The number of carbonyl (C=O) groups excluding carboxylic acids is 3. The lowest BCUT2D eigenvalue weighted by molar-refractivity contribution is -0.137. The molecule has 7 heteroatoms. The van der Waals surface area contributed by atoms with Crippen LogP contribution in [0.1, 0.15) is 65.7 Å². The molecule has 7 nitrogen and oxygen atoms in total. The molecule has 0 aromatic carbocycles. The summed E-state index contributed by atoms with van der Waals surface area (Å²) < 4.78 is 0. The van der Waals surface area contributed by atoms with Gasteiger partial charge in [0.15, 0.2) is 0 Å². The van der Waals surface area contributed by atoms with Gasteiger partial charge in [-0.15, -0.1) is 0 Å². The maximum Gasteiger partial charge on any atom is 0.325 e. The van der Waals surface area contributed by atoms with Crippen molar-refractivity contribution in [2.45, 2.75) is 89.4 Å². The van der Waals surface area contributed by atoms with Crippen molar-refractivity contribution in [3.63, 3.8) is 0 Å².